The van der Waals surface area contributed by atoms with Gasteiger partial charge in [-0.05, 0) is 64.9 Å². The van der Waals surface area contributed by atoms with Gasteiger partial charge in [0.25, 0.3) is 0 Å². The van der Waals surface area contributed by atoms with E-state index in [2.05, 4.69) is 0 Å². The van der Waals surface area contributed by atoms with Gasteiger partial charge in [0.1, 0.15) is 12.2 Å². The zero-order chi connectivity index (χ0) is 40.4. The number of ether oxygens (including phenoxy) is 2. The minimum atomic E-state index is -0.607. The predicted octanol–water partition coefficient (Wildman–Crippen LogP) is 2.23. The van der Waals surface area contributed by atoms with E-state index in [0.717, 1.165) is 5.56 Å². The number of carbonyl (C=O) groups is 7. The van der Waals surface area contributed by atoms with E-state index in [1.54, 1.807) is 29.4 Å². The van der Waals surface area contributed by atoms with Gasteiger partial charge in [-0.2, -0.15) is 0 Å². The Morgan fingerprint density at radius 3 is 1.18 bits per heavy atom. The number of nitrogens with zero attached hydrogens (tertiary/aromatic N) is 6. The molecule has 6 aliphatic rings. The average Bonchev–Trinajstić information content (AvgIpc) is 4.05. The molecule has 1 aromatic carbocycles. The maximum absolute atomic E-state index is 13.6. The van der Waals surface area contributed by atoms with Crippen LogP contribution in [-0.2, 0) is 44.8 Å². The molecule has 6 saturated heterocycles. The molecule has 15 nitrogen and oxygen atoms in total. The fourth-order valence-corrected chi connectivity index (χ4v) is 9.39. The second-order valence-electron chi connectivity index (χ2n) is 17.9. The highest BCUT2D eigenvalue weighted by molar-refractivity contribution is 5.87. The van der Waals surface area contributed by atoms with Gasteiger partial charge in [0.2, 0.25) is 29.5 Å². The molecule has 6 amide bonds. The van der Waals surface area contributed by atoms with Gasteiger partial charge >= 0.3 is 12.1 Å². The monoisotopic (exact) mass is 790 g/mol. The lowest BCUT2D eigenvalue weighted by atomic mass is 10.1. The molecule has 6 unspecified atom stereocenters. The number of likely N-dealkylation sites (tertiary alicyclic amines) is 6. The summed E-state index contributed by atoms with van der Waals surface area (Å²) in [5, 5.41) is 0. The standard InChI is InChI=1S/C42H58N6O9/c1-42(2,3)57-41(55)48-20-13-33(25-48)39(53)46-18-11-31(23-46)37(51)44-16-9-29(21-44)35(49)43-15-10-30(22-43)36(50)45-17-12-32(24-45)38(52)47-19-14-34(26-47)40(54)56-27-28-7-5-4-6-8-28/h4-8,29-34H,9-27H2,1-3H3. The summed E-state index contributed by atoms with van der Waals surface area (Å²) in [5.74, 6) is -2.35. The van der Waals surface area contributed by atoms with Gasteiger partial charge in [0.15, 0.2) is 0 Å². The number of hydrogen-bond acceptors (Lipinski definition) is 9. The lowest BCUT2D eigenvalue weighted by Gasteiger charge is -2.25. The number of benzene rings is 1. The highest BCUT2D eigenvalue weighted by Crippen LogP contribution is 2.31. The van der Waals surface area contributed by atoms with Crippen molar-refractivity contribution in [3.05, 3.63) is 35.9 Å². The molecule has 0 radical (unpaired) electrons. The molecule has 6 atom stereocenters. The fourth-order valence-electron chi connectivity index (χ4n) is 9.39. The second-order valence-corrected chi connectivity index (χ2v) is 17.9. The first-order valence-corrected chi connectivity index (χ1v) is 20.9. The van der Waals surface area contributed by atoms with Crippen molar-refractivity contribution in [3.8, 4) is 0 Å². The summed E-state index contributed by atoms with van der Waals surface area (Å²) >= 11 is 0. The molecule has 1 aromatic rings. The summed E-state index contributed by atoms with van der Waals surface area (Å²) in [6.07, 6.45) is 3.00. The van der Waals surface area contributed by atoms with Crippen LogP contribution in [-0.4, -0.2) is 155 Å². The van der Waals surface area contributed by atoms with Gasteiger partial charge < -0.3 is 38.9 Å². The van der Waals surface area contributed by atoms with E-state index in [0.29, 0.717) is 117 Å². The van der Waals surface area contributed by atoms with E-state index in [4.69, 9.17) is 9.47 Å². The van der Waals surface area contributed by atoms with Crippen molar-refractivity contribution in [2.24, 2.45) is 35.5 Å². The first-order chi connectivity index (χ1) is 27.2. The SMILES string of the molecule is CC(C)(C)OC(=O)N1CCC(C(=O)N2CCC(C(=O)N3CCC(C(=O)N4CCC(C(=O)N5CCC(C(=O)N6CCC(C(=O)OCc7ccccc7)C6)C5)C4)C3)C2)C1. The highest BCUT2D eigenvalue weighted by atomic mass is 16.6. The smallest absolute Gasteiger partial charge is 0.410 e. The average molecular weight is 791 g/mol. The Morgan fingerprint density at radius 2 is 0.807 bits per heavy atom. The molecule has 0 bridgehead atoms. The zero-order valence-electron chi connectivity index (χ0n) is 33.6. The Balaban J connectivity index is 0.812. The van der Waals surface area contributed by atoms with Crippen LogP contribution in [0.3, 0.4) is 0 Å². The summed E-state index contributed by atoms with van der Waals surface area (Å²) in [6.45, 7) is 10.6. The van der Waals surface area contributed by atoms with Gasteiger partial charge in [0, 0.05) is 78.5 Å². The van der Waals surface area contributed by atoms with E-state index in [9.17, 15) is 33.6 Å². The molecular formula is C42H58N6O9. The lowest BCUT2D eigenvalue weighted by molar-refractivity contribution is -0.149. The number of hydrogen-bond donors (Lipinski definition) is 0. The molecule has 310 valence electrons. The van der Waals surface area contributed by atoms with Crippen molar-refractivity contribution in [1.29, 1.82) is 0 Å². The van der Waals surface area contributed by atoms with Crippen LogP contribution in [0.15, 0.2) is 30.3 Å². The van der Waals surface area contributed by atoms with E-state index < -0.39 is 11.7 Å². The lowest BCUT2D eigenvalue weighted by Crippen LogP contribution is -2.41. The number of amides is 6. The molecule has 0 aromatic heterocycles. The molecule has 7 rings (SSSR count). The molecule has 6 heterocycles. The summed E-state index contributed by atoms with van der Waals surface area (Å²) < 4.78 is 11.0. The molecule has 15 heteroatoms. The van der Waals surface area contributed by atoms with Gasteiger partial charge in [-0.15, -0.1) is 0 Å². The number of rotatable bonds is 8. The van der Waals surface area contributed by atoms with Crippen molar-refractivity contribution < 1.29 is 43.0 Å². The van der Waals surface area contributed by atoms with Gasteiger partial charge in [0.05, 0.1) is 35.5 Å². The maximum Gasteiger partial charge on any atom is 0.410 e. The van der Waals surface area contributed by atoms with Crippen molar-refractivity contribution in [2.75, 3.05) is 78.5 Å². The predicted molar refractivity (Wildman–Crippen MR) is 206 cm³/mol. The Hall–Kier alpha value is -4.69. The largest absolute Gasteiger partial charge is 0.461 e. The third-order valence-corrected chi connectivity index (χ3v) is 12.6. The Labute approximate surface area is 334 Å². The van der Waals surface area contributed by atoms with Crippen LogP contribution in [0, 0.1) is 35.5 Å². The van der Waals surface area contributed by atoms with Gasteiger partial charge in [-0.3, -0.25) is 28.8 Å². The maximum atomic E-state index is 13.6. The molecule has 0 aliphatic carbocycles. The third kappa shape index (κ3) is 9.38. The normalized spacial score (nSPS) is 27.7. The van der Waals surface area contributed by atoms with E-state index >= 15 is 0 Å². The van der Waals surface area contributed by atoms with Crippen molar-refractivity contribution >= 4 is 41.6 Å². The summed E-state index contributed by atoms with van der Waals surface area (Å²) in [5.41, 5.74) is 0.309. The van der Waals surface area contributed by atoms with Gasteiger partial charge in [-0.1, -0.05) is 30.3 Å². The van der Waals surface area contributed by atoms with Gasteiger partial charge in [-0.25, -0.2) is 4.79 Å². The van der Waals surface area contributed by atoms with E-state index in [1.807, 2.05) is 51.1 Å². The highest BCUT2D eigenvalue weighted by Gasteiger charge is 2.44. The van der Waals surface area contributed by atoms with Crippen LogP contribution >= 0.6 is 0 Å². The van der Waals surface area contributed by atoms with Crippen molar-refractivity contribution in [2.45, 2.75) is 71.5 Å². The van der Waals surface area contributed by atoms with Crippen LogP contribution in [0.5, 0.6) is 0 Å². The van der Waals surface area contributed by atoms with Crippen molar-refractivity contribution in [3.63, 3.8) is 0 Å². The Morgan fingerprint density at radius 1 is 0.491 bits per heavy atom. The molecule has 57 heavy (non-hydrogen) atoms. The van der Waals surface area contributed by atoms with Crippen LogP contribution < -0.4 is 0 Å². The van der Waals surface area contributed by atoms with E-state index in [1.165, 1.54) is 0 Å². The van der Waals surface area contributed by atoms with Crippen LogP contribution in [0.1, 0.15) is 64.9 Å². The number of esters is 1. The molecular weight excluding hydrogens is 732 g/mol. The molecule has 0 N–H and O–H groups in total. The Kier molecular flexibility index (Phi) is 12.1. The summed E-state index contributed by atoms with van der Waals surface area (Å²) in [7, 11) is 0. The molecule has 6 aliphatic heterocycles. The number of carbonyl (C=O) groups excluding carboxylic acids is 7. The first-order valence-electron chi connectivity index (χ1n) is 20.9. The van der Waals surface area contributed by atoms with Crippen LogP contribution in [0.4, 0.5) is 4.79 Å². The summed E-state index contributed by atoms with van der Waals surface area (Å²) in [4.78, 5) is 103. The van der Waals surface area contributed by atoms with Crippen LogP contribution in [0.25, 0.3) is 0 Å². The molecule has 0 saturated carbocycles. The fraction of sp³-hybridized carbons (Fsp3) is 0.690. The Bertz CT molecular complexity index is 1720. The third-order valence-electron chi connectivity index (χ3n) is 12.6. The van der Waals surface area contributed by atoms with E-state index in [-0.39, 0.29) is 77.6 Å². The first kappa shape index (κ1) is 40.5. The second kappa shape index (κ2) is 17.0. The zero-order valence-corrected chi connectivity index (χ0v) is 33.6. The van der Waals surface area contributed by atoms with Crippen LogP contribution in [0.2, 0.25) is 0 Å². The quantitative estimate of drug-likeness (QED) is 0.361. The summed E-state index contributed by atoms with van der Waals surface area (Å²) in [6, 6.07) is 9.50. The topological polar surface area (TPSA) is 157 Å². The van der Waals surface area contributed by atoms with Crippen molar-refractivity contribution in [1.82, 2.24) is 29.4 Å². The minimum absolute atomic E-state index is 0.0235. The minimum Gasteiger partial charge on any atom is -0.461 e. The molecule has 0 spiro atoms. The molecule has 6 fully saturated rings.